The molecule has 6 nitrogen and oxygen atoms in total. The Hall–Kier alpha value is -2.52. The third-order valence-electron chi connectivity index (χ3n) is 5.47. The van der Waals surface area contributed by atoms with Gasteiger partial charge in [0.25, 0.3) is 5.91 Å². The van der Waals surface area contributed by atoms with Crippen molar-refractivity contribution in [3.8, 4) is 5.75 Å². The van der Waals surface area contributed by atoms with Gasteiger partial charge in [-0.3, -0.25) is 4.79 Å². The molecule has 1 atom stereocenters. The van der Waals surface area contributed by atoms with E-state index in [9.17, 15) is 27.1 Å². The lowest BCUT2D eigenvalue weighted by Crippen LogP contribution is -2.50. The maximum Gasteiger partial charge on any atom is 0.260 e. The van der Waals surface area contributed by atoms with Gasteiger partial charge in [-0.1, -0.05) is 26.0 Å². The Bertz CT molecular complexity index is 1010. The molecule has 1 unspecified atom stereocenters. The second-order valence-electron chi connectivity index (χ2n) is 7.36. The lowest BCUT2D eigenvalue weighted by Gasteiger charge is -2.34. The number of nitrogens with zero attached hydrogens (tertiary/aromatic N) is 2. The van der Waals surface area contributed by atoms with Crippen molar-refractivity contribution in [3.63, 3.8) is 0 Å². The van der Waals surface area contributed by atoms with Crippen molar-refractivity contribution in [1.29, 1.82) is 0 Å². The molecule has 0 saturated carbocycles. The van der Waals surface area contributed by atoms with Crippen LogP contribution >= 0.6 is 0 Å². The van der Waals surface area contributed by atoms with Crippen molar-refractivity contribution >= 4 is 15.9 Å². The molecule has 0 aliphatic carbocycles. The number of halogens is 2. The van der Waals surface area contributed by atoms with Crippen molar-refractivity contribution in [2.24, 2.45) is 0 Å². The monoisotopic (exact) mass is 438 g/mol. The van der Waals surface area contributed by atoms with Crippen LogP contribution in [0.15, 0.2) is 41.3 Å². The lowest BCUT2D eigenvalue weighted by molar-refractivity contribution is 0.0689. The molecule has 2 aromatic rings. The molecular formula is C21H24F2N2O4S. The third kappa shape index (κ3) is 4.32. The summed E-state index contributed by atoms with van der Waals surface area (Å²) < 4.78 is 54.2. The van der Waals surface area contributed by atoms with E-state index in [1.165, 1.54) is 9.21 Å². The number of rotatable bonds is 5. The van der Waals surface area contributed by atoms with Gasteiger partial charge in [-0.15, -0.1) is 0 Å². The molecule has 1 saturated heterocycles. The van der Waals surface area contributed by atoms with Crippen molar-refractivity contribution < 1.29 is 27.1 Å². The highest BCUT2D eigenvalue weighted by Gasteiger charge is 2.32. The minimum absolute atomic E-state index is 0.0271. The summed E-state index contributed by atoms with van der Waals surface area (Å²) in [5.41, 5.74) is 0.446. The third-order valence-corrected chi connectivity index (χ3v) is 7.39. The van der Waals surface area contributed by atoms with Crippen molar-refractivity contribution in [2.45, 2.75) is 31.1 Å². The quantitative estimate of drug-likeness (QED) is 0.777. The SMILES string of the molecule is CCC(C)c1ccc(S(=O)(=O)N2CCN(C(=O)c3c(O)cc(F)cc3F)CC2)cc1. The molecule has 1 aliphatic heterocycles. The molecule has 1 fully saturated rings. The number of phenols is 1. The molecule has 0 spiro atoms. The Morgan fingerprint density at radius 2 is 1.70 bits per heavy atom. The highest BCUT2D eigenvalue weighted by atomic mass is 32.2. The Labute approximate surface area is 174 Å². The predicted octanol–water partition coefficient (Wildman–Crippen LogP) is 3.33. The van der Waals surface area contributed by atoms with Crippen LogP contribution in [0.5, 0.6) is 5.75 Å². The van der Waals surface area contributed by atoms with E-state index in [1.807, 2.05) is 0 Å². The van der Waals surface area contributed by atoms with Gasteiger partial charge in [0.05, 0.1) is 4.90 Å². The van der Waals surface area contributed by atoms with Crippen LogP contribution in [0, 0.1) is 11.6 Å². The topological polar surface area (TPSA) is 77.9 Å². The van der Waals surface area contributed by atoms with Gasteiger partial charge in [-0.2, -0.15) is 4.31 Å². The van der Waals surface area contributed by atoms with Crippen molar-refractivity contribution in [3.05, 3.63) is 59.2 Å². The number of hydrogen-bond donors (Lipinski definition) is 1. The van der Waals surface area contributed by atoms with Gasteiger partial charge in [-0.05, 0) is 30.0 Å². The zero-order chi connectivity index (χ0) is 22.1. The molecule has 2 aromatic carbocycles. The number of benzene rings is 2. The van der Waals surface area contributed by atoms with Crippen molar-refractivity contribution in [1.82, 2.24) is 9.21 Å². The summed E-state index contributed by atoms with van der Waals surface area (Å²) in [6.45, 7) is 4.25. The van der Waals surface area contributed by atoms with Gasteiger partial charge in [0.2, 0.25) is 10.0 Å². The number of aromatic hydroxyl groups is 1. The maximum absolute atomic E-state index is 14.0. The molecule has 162 valence electrons. The van der Waals surface area contributed by atoms with Crippen LogP contribution in [-0.2, 0) is 10.0 Å². The first-order valence-corrected chi connectivity index (χ1v) is 11.2. The van der Waals surface area contributed by atoms with Gasteiger partial charge in [-0.25, -0.2) is 17.2 Å². The first-order valence-electron chi connectivity index (χ1n) is 9.72. The van der Waals surface area contributed by atoms with Crippen LogP contribution in [0.25, 0.3) is 0 Å². The van der Waals surface area contributed by atoms with Gasteiger partial charge in [0.1, 0.15) is 22.9 Å². The lowest BCUT2D eigenvalue weighted by atomic mass is 9.99. The smallest absolute Gasteiger partial charge is 0.260 e. The van der Waals surface area contributed by atoms with E-state index in [4.69, 9.17) is 0 Å². The minimum Gasteiger partial charge on any atom is -0.507 e. The highest BCUT2D eigenvalue weighted by Crippen LogP contribution is 2.26. The Kier molecular flexibility index (Phi) is 6.42. The summed E-state index contributed by atoms with van der Waals surface area (Å²) in [5.74, 6) is -3.40. The molecule has 3 rings (SSSR count). The zero-order valence-corrected chi connectivity index (χ0v) is 17.6. The molecule has 30 heavy (non-hydrogen) atoms. The molecule has 1 N–H and O–H groups in total. The van der Waals surface area contributed by atoms with Crippen LogP contribution in [0.2, 0.25) is 0 Å². The molecule has 1 heterocycles. The number of phenolic OH excluding ortho intramolecular Hbond substituents is 1. The maximum atomic E-state index is 14.0. The van der Waals surface area contributed by atoms with Gasteiger partial charge in [0, 0.05) is 38.3 Å². The summed E-state index contributed by atoms with van der Waals surface area (Å²) in [6, 6.07) is 7.97. The van der Waals surface area contributed by atoms with E-state index in [1.54, 1.807) is 24.3 Å². The first-order chi connectivity index (χ1) is 14.1. The van der Waals surface area contributed by atoms with E-state index in [0.717, 1.165) is 12.0 Å². The summed E-state index contributed by atoms with van der Waals surface area (Å²) in [5, 5.41) is 9.75. The normalized spacial score (nSPS) is 16.5. The number of carbonyl (C=O) groups is 1. The molecule has 0 radical (unpaired) electrons. The number of sulfonamides is 1. The Morgan fingerprint density at radius 3 is 2.23 bits per heavy atom. The standard InChI is InChI=1S/C21H24F2N2O4S/c1-3-14(2)15-4-6-17(7-5-15)30(28,29)25-10-8-24(9-11-25)21(27)20-18(23)12-16(22)13-19(20)26/h4-7,12-14,26H,3,8-11H2,1-2H3. The van der Waals surface area contributed by atoms with Crippen LogP contribution in [0.3, 0.4) is 0 Å². The average molecular weight is 438 g/mol. The average Bonchev–Trinajstić information content (AvgIpc) is 2.72. The molecule has 9 heteroatoms. The van der Waals surface area contributed by atoms with E-state index < -0.39 is 38.9 Å². The number of amides is 1. The van der Waals surface area contributed by atoms with E-state index in [2.05, 4.69) is 13.8 Å². The van der Waals surface area contributed by atoms with Crippen LogP contribution in [-0.4, -0.2) is 54.8 Å². The van der Waals surface area contributed by atoms with Crippen LogP contribution in [0.4, 0.5) is 8.78 Å². The highest BCUT2D eigenvalue weighted by molar-refractivity contribution is 7.89. The van der Waals surface area contributed by atoms with Crippen molar-refractivity contribution in [2.75, 3.05) is 26.2 Å². The fourth-order valence-corrected chi connectivity index (χ4v) is 4.84. The summed E-state index contributed by atoms with van der Waals surface area (Å²) in [4.78, 5) is 14.0. The molecule has 1 aliphatic rings. The van der Waals surface area contributed by atoms with Gasteiger partial charge >= 0.3 is 0 Å². The number of hydrogen-bond acceptors (Lipinski definition) is 4. The molecule has 1 amide bonds. The molecule has 0 bridgehead atoms. The second-order valence-corrected chi connectivity index (χ2v) is 9.29. The number of piperazine rings is 1. The molecule has 0 aromatic heterocycles. The summed E-state index contributed by atoms with van der Waals surface area (Å²) in [7, 11) is -3.72. The second kappa shape index (κ2) is 8.69. The van der Waals surface area contributed by atoms with Gasteiger partial charge < -0.3 is 10.0 Å². The minimum atomic E-state index is -3.72. The van der Waals surface area contributed by atoms with Crippen LogP contribution < -0.4 is 0 Å². The fraction of sp³-hybridized carbons (Fsp3) is 0.381. The zero-order valence-electron chi connectivity index (χ0n) is 16.8. The van der Waals surface area contributed by atoms with Gasteiger partial charge in [0.15, 0.2) is 0 Å². The van der Waals surface area contributed by atoms with Crippen LogP contribution in [0.1, 0.15) is 42.1 Å². The van der Waals surface area contributed by atoms with E-state index in [-0.39, 0.29) is 31.1 Å². The van der Waals surface area contributed by atoms with E-state index >= 15 is 0 Å². The Morgan fingerprint density at radius 1 is 1.10 bits per heavy atom. The molecular weight excluding hydrogens is 414 g/mol. The summed E-state index contributed by atoms with van der Waals surface area (Å²) >= 11 is 0. The first kappa shape index (κ1) is 22.2. The van der Waals surface area contributed by atoms with E-state index in [0.29, 0.717) is 18.1 Å². The Balaban J connectivity index is 1.71. The fourth-order valence-electron chi connectivity index (χ4n) is 3.41. The summed E-state index contributed by atoms with van der Waals surface area (Å²) in [6.07, 6.45) is 0.951. The largest absolute Gasteiger partial charge is 0.507 e. The number of carbonyl (C=O) groups excluding carboxylic acids is 1. The predicted molar refractivity (Wildman–Crippen MR) is 108 cm³/mol.